The van der Waals surface area contributed by atoms with Crippen LogP contribution in [0.2, 0.25) is 0 Å². The van der Waals surface area contributed by atoms with Crippen LogP contribution in [0.25, 0.3) is 0 Å². The average Bonchev–Trinajstić information content (AvgIpc) is 3.02. The highest BCUT2D eigenvalue weighted by Gasteiger charge is 2.35. The summed E-state index contributed by atoms with van der Waals surface area (Å²) < 4.78 is 38.9. The van der Waals surface area contributed by atoms with E-state index in [1.807, 2.05) is 19.1 Å². The number of rotatable bonds is 5. The Balaban J connectivity index is 1.66. The van der Waals surface area contributed by atoms with Gasteiger partial charge in [-0.1, -0.05) is 29.8 Å². The number of nitrogens with zero attached hydrogens (tertiary/aromatic N) is 1. The van der Waals surface area contributed by atoms with Crippen molar-refractivity contribution >= 4 is 29.3 Å². The molecule has 0 radical (unpaired) electrons. The van der Waals surface area contributed by atoms with E-state index in [0.29, 0.717) is 11.3 Å². The standard InChI is InChI=1S/C20H19F3N2O2S/c1-13-5-7-16(8-6-13)24-17(26)9-10-25-18(27)12-28-19(25)14-3-2-4-15(11-14)20(21,22)23/h2-8,11,19H,9-10,12H2,1H3,(H,24,26)/t19-/m0/s1. The minimum absolute atomic E-state index is 0.0651. The molecule has 8 heteroatoms. The van der Waals surface area contributed by atoms with E-state index in [0.717, 1.165) is 17.7 Å². The Morgan fingerprint density at radius 2 is 1.93 bits per heavy atom. The van der Waals surface area contributed by atoms with Crippen LogP contribution in [-0.2, 0) is 15.8 Å². The summed E-state index contributed by atoms with van der Waals surface area (Å²) in [6.07, 6.45) is -4.38. The molecule has 148 valence electrons. The molecule has 2 aromatic carbocycles. The summed E-state index contributed by atoms with van der Waals surface area (Å²) >= 11 is 1.27. The Labute approximate surface area is 165 Å². The number of benzene rings is 2. The summed E-state index contributed by atoms with van der Waals surface area (Å²) in [5.74, 6) is -0.257. The van der Waals surface area contributed by atoms with Gasteiger partial charge in [0.25, 0.3) is 0 Å². The van der Waals surface area contributed by atoms with Crippen LogP contribution >= 0.6 is 11.8 Å². The Morgan fingerprint density at radius 3 is 2.61 bits per heavy atom. The van der Waals surface area contributed by atoms with E-state index in [4.69, 9.17) is 0 Å². The predicted octanol–water partition coefficient (Wildman–Crippen LogP) is 4.62. The number of nitrogens with one attached hydrogen (secondary N) is 1. The molecule has 28 heavy (non-hydrogen) atoms. The van der Waals surface area contributed by atoms with E-state index in [9.17, 15) is 22.8 Å². The number of halogens is 3. The van der Waals surface area contributed by atoms with Crippen molar-refractivity contribution in [2.75, 3.05) is 17.6 Å². The molecular formula is C20H19F3N2O2S. The van der Waals surface area contributed by atoms with Gasteiger partial charge in [-0.05, 0) is 36.8 Å². The first-order chi connectivity index (χ1) is 13.2. The Bertz CT molecular complexity index is 868. The number of carbonyl (C=O) groups excluding carboxylic acids is 2. The number of alkyl halides is 3. The van der Waals surface area contributed by atoms with Gasteiger partial charge < -0.3 is 10.2 Å². The second-order valence-corrected chi connectivity index (χ2v) is 7.61. The number of thioether (sulfide) groups is 1. The van der Waals surface area contributed by atoms with Gasteiger partial charge >= 0.3 is 6.18 Å². The fraction of sp³-hybridized carbons (Fsp3) is 0.300. The molecule has 4 nitrogen and oxygen atoms in total. The number of carbonyl (C=O) groups is 2. The molecule has 1 saturated heterocycles. The Kier molecular flexibility index (Phi) is 5.98. The topological polar surface area (TPSA) is 49.4 Å². The molecule has 1 aliphatic rings. The van der Waals surface area contributed by atoms with Gasteiger partial charge in [-0.3, -0.25) is 9.59 Å². The van der Waals surface area contributed by atoms with Gasteiger partial charge in [-0.15, -0.1) is 11.8 Å². The van der Waals surface area contributed by atoms with Gasteiger partial charge in [-0.25, -0.2) is 0 Å². The van der Waals surface area contributed by atoms with Gasteiger partial charge in [0, 0.05) is 18.7 Å². The minimum Gasteiger partial charge on any atom is -0.326 e. The molecule has 1 N–H and O–H groups in total. The van der Waals surface area contributed by atoms with E-state index < -0.39 is 17.1 Å². The lowest BCUT2D eigenvalue weighted by Gasteiger charge is -2.24. The first-order valence-electron chi connectivity index (χ1n) is 8.69. The third-order valence-electron chi connectivity index (χ3n) is 4.38. The van der Waals surface area contributed by atoms with Crippen molar-refractivity contribution in [1.29, 1.82) is 0 Å². The molecule has 2 aromatic rings. The molecule has 1 fully saturated rings. The first-order valence-corrected chi connectivity index (χ1v) is 9.73. The summed E-state index contributed by atoms with van der Waals surface area (Å²) in [5, 5.41) is 2.23. The molecule has 1 aliphatic heterocycles. The molecule has 1 atom stereocenters. The summed E-state index contributed by atoms with van der Waals surface area (Å²) in [5.41, 5.74) is 1.39. The van der Waals surface area contributed by atoms with Crippen LogP contribution in [0.5, 0.6) is 0 Å². The largest absolute Gasteiger partial charge is 0.416 e. The van der Waals surface area contributed by atoms with Crippen LogP contribution < -0.4 is 5.32 Å². The van der Waals surface area contributed by atoms with Gasteiger partial charge in [0.15, 0.2) is 0 Å². The summed E-state index contributed by atoms with van der Waals surface area (Å²) in [6, 6.07) is 12.3. The SMILES string of the molecule is Cc1ccc(NC(=O)CCN2C(=O)CS[C@H]2c2cccc(C(F)(F)F)c2)cc1. The zero-order chi connectivity index (χ0) is 20.3. The summed E-state index contributed by atoms with van der Waals surface area (Å²) in [7, 11) is 0. The second-order valence-electron chi connectivity index (χ2n) is 6.54. The summed E-state index contributed by atoms with van der Waals surface area (Å²) in [6.45, 7) is 2.08. The van der Waals surface area contributed by atoms with Gasteiger partial charge in [0.05, 0.1) is 11.3 Å². The van der Waals surface area contributed by atoms with E-state index >= 15 is 0 Å². The number of hydrogen-bond acceptors (Lipinski definition) is 3. The molecular weight excluding hydrogens is 389 g/mol. The van der Waals surface area contributed by atoms with E-state index in [-0.39, 0.29) is 30.5 Å². The van der Waals surface area contributed by atoms with Crippen LogP contribution in [-0.4, -0.2) is 29.0 Å². The predicted molar refractivity (Wildman–Crippen MR) is 103 cm³/mol. The maximum Gasteiger partial charge on any atom is 0.416 e. The van der Waals surface area contributed by atoms with Gasteiger partial charge in [0.1, 0.15) is 5.37 Å². The fourth-order valence-corrected chi connectivity index (χ4v) is 4.13. The smallest absolute Gasteiger partial charge is 0.326 e. The maximum absolute atomic E-state index is 13.0. The average molecular weight is 408 g/mol. The highest BCUT2D eigenvalue weighted by Crippen LogP contribution is 2.40. The van der Waals surface area contributed by atoms with Crippen LogP contribution in [0.15, 0.2) is 48.5 Å². The third kappa shape index (κ3) is 4.86. The lowest BCUT2D eigenvalue weighted by atomic mass is 10.1. The molecule has 0 saturated carbocycles. The second kappa shape index (κ2) is 8.26. The Morgan fingerprint density at radius 1 is 1.21 bits per heavy atom. The number of amides is 2. The number of aryl methyl sites for hydroxylation is 1. The molecule has 0 unspecified atom stereocenters. The summed E-state index contributed by atoms with van der Waals surface area (Å²) in [4.78, 5) is 25.9. The Hall–Kier alpha value is -2.48. The normalized spacial score (nSPS) is 17.1. The van der Waals surface area contributed by atoms with Gasteiger partial charge in [0.2, 0.25) is 11.8 Å². The molecule has 3 rings (SSSR count). The molecule has 0 aromatic heterocycles. The van der Waals surface area contributed by atoms with E-state index in [2.05, 4.69) is 5.32 Å². The van der Waals surface area contributed by atoms with Crippen molar-refractivity contribution < 1.29 is 22.8 Å². The van der Waals surface area contributed by atoms with Crippen LogP contribution in [0.3, 0.4) is 0 Å². The number of hydrogen-bond donors (Lipinski definition) is 1. The molecule has 0 bridgehead atoms. The van der Waals surface area contributed by atoms with Crippen molar-refractivity contribution in [2.24, 2.45) is 0 Å². The lowest BCUT2D eigenvalue weighted by molar-refractivity contribution is -0.137. The fourth-order valence-electron chi connectivity index (χ4n) is 2.92. The van der Waals surface area contributed by atoms with Crippen molar-refractivity contribution in [2.45, 2.75) is 24.9 Å². The molecule has 2 amide bonds. The zero-order valence-corrected chi connectivity index (χ0v) is 15.9. The zero-order valence-electron chi connectivity index (χ0n) is 15.1. The van der Waals surface area contributed by atoms with Crippen molar-refractivity contribution in [3.63, 3.8) is 0 Å². The van der Waals surface area contributed by atoms with Crippen LogP contribution in [0, 0.1) is 6.92 Å². The van der Waals surface area contributed by atoms with Gasteiger partial charge in [-0.2, -0.15) is 13.2 Å². The highest BCUT2D eigenvalue weighted by molar-refractivity contribution is 8.00. The minimum atomic E-state index is -4.44. The molecule has 0 spiro atoms. The lowest BCUT2D eigenvalue weighted by Crippen LogP contribution is -2.31. The van der Waals surface area contributed by atoms with E-state index in [1.165, 1.54) is 22.7 Å². The van der Waals surface area contributed by atoms with Crippen molar-refractivity contribution in [3.05, 3.63) is 65.2 Å². The van der Waals surface area contributed by atoms with Crippen LogP contribution in [0.1, 0.15) is 28.5 Å². The third-order valence-corrected chi connectivity index (χ3v) is 5.64. The number of anilines is 1. The molecule has 1 heterocycles. The monoisotopic (exact) mass is 408 g/mol. The quantitative estimate of drug-likeness (QED) is 0.786. The van der Waals surface area contributed by atoms with Crippen molar-refractivity contribution in [1.82, 2.24) is 4.90 Å². The first kappa shape index (κ1) is 20.3. The highest BCUT2D eigenvalue weighted by atomic mass is 32.2. The maximum atomic E-state index is 13.0. The molecule has 0 aliphatic carbocycles. The van der Waals surface area contributed by atoms with E-state index in [1.54, 1.807) is 18.2 Å². The van der Waals surface area contributed by atoms with Crippen LogP contribution in [0.4, 0.5) is 18.9 Å². The van der Waals surface area contributed by atoms with Crippen molar-refractivity contribution in [3.8, 4) is 0 Å².